The standard InChI is InChI=1S/C16H26N2/c1-3-17-16-10-12-18(14(2)13-16)11-9-15-7-5-4-6-8-15/h4-8,14,16-17H,3,9-13H2,1-2H3. The number of hydrogen-bond acceptors (Lipinski definition) is 2. The molecule has 1 N–H and O–H groups in total. The minimum absolute atomic E-state index is 0.714. The summed E-state index contributed by atoms with van der Waals surface area (Å²) in [6.07, 6.45) is 3.77. The fraction of sp³-hybridized carbons (Fsp3) is 0.625. The number of benzene rings is 1. The molecule has 1 aliphatic rings. The van der Waals surface area contributed by atoms with Crippen LogP contribution in [-0.2, 0) is 6.42 Å². The Balaban J connectivity index is 1.77. The Morgan fingerprint density at radius 3 is 2.72 bits per heavy atom. The lowest BCUT2D eigenvalue weighted by Gasteiger charge is -2.38. The smallest absolute Gasteiger partial charge is 0.00939 e. The second kappa shape index (κ2) is 6.91. The van der Waals surface area contributed by atoms with Gasteiger partial charge in [0.2, 0.25) is 0 Å². The molecule has 2 heteroatoms. The topological polar surface area (TPSA) is 15.3 Å². The molecule has 0 radical (unpaired) electrons. The highest BCUT2D eigenvalue weighted by atomic mass is 15.2. The van der Waals surface area contributed by atoms with Crippen LogP contribution in [0.2, 0.25) is 0 Å². The summed E-state index contributed by atoms with van der Waals surface area (Å²) in [5, 5.41) is 3.58. The highest BCUT2D eigenvalue weighted by Crippen LogP contribution is 2.17. The average Bonchev–Trinajstić information content (AvgIpc) is 2.39. The van der Waals surface area contributed by atoms with Crippen LogP contribution in [0.3, 0.4) is 0 Å². The summed E-state index contributed by atoms with van der Waals surface area (Å²) in [7, 11) is 0. The van der Waals surface area contributed by atoms with Crippen molar-refractivity contribution in [1.29, 1.82) is 0 Å². The van der Waals surface area contributed by atoms with E-state index < -0.39 is 0 Å². The van der Waals surface area contributed by atoms with Gasteiger partial charge in [-0.3, -0.25) is 0 Å². The molecule has 1 heterocycles. The van der Waals surface area contributed by atoms with Gasteiger partial charge in [0.15, 0.2) is 0 Å². The molecule has 1 aromatic carbocycles. The molecule has 2 atom stereocenters. The van der Waals surface area contributed by atoms with Crippen molar-refractivity contribution in [2.75, 3.05) is 19.6 Å². The second-order valence-corrected chi connectivity index (χ2v) is 5.40. The maximum Gasteiger partial charge on any atom is 0.00939 e. The van der Waals surface area contributed by atoms with Crippen molar-refractivity contribution < 1.29 is 0 Å². The molecule has 0 spiro atoms. The van der Waals surface area contributed by atoms with Crippen LogP contribution in [0.1, 0.15) is 32.3 Å². The van der Waals surface area contributed by atoms with Crippen molar-refractivity contribution in [1.82, 2.24) is 10.2 Å². The number of piperidine rings is 1. The highest BCUT2D eigenvalue weighted by Gasteiger charge is 2.24. The minimum atomic E-state index is 0.714. The summed E-state index contributed by atoms with van der Waals surface area (Å²) >= 11 is 0. The summed E-state index contributed by atoms with van der Waals surface area (Å²) in [6, 6.07) is 12.3. The molecule has 100 valence electrons. The van der Waals surface area contributed by atoms with Crippen LogP contribution in [0.5, 0.6) is 0 Å². The highest BCUT2D eigenvalue weighted by molar-refractivity contribution is 5.14. The Bertz CT molecular complexity index is 336. The number of rotatable bonds is 5. The first-order chi connectivity index (χ1) is 8.79. The molecule has 0 amide bonds. The first kappa shape index (κ1) is 13.6. The van der Waals surface area contributed by atoms with Crippen molar-refractivity contribution in [3.8, 4) is 0 Å². The molecule has 0 bridgehead atoms. The predicted octanol–water partition coefficient (Wildman–Crippen LogP) is 2.69. The van der Waals surface area contributed by atoms with Gasteiger partial charge in [0, 0.05) is 18.6 Å². The molecule has 0 aromatic heterocycles. The number of likely N-dealkylation sites (tertiary alicyclic amines) is 1. The SMILES string of the molecule is CCNC1CCN(CCc2ccccc2)C(C)C1. The van der Waals surface area contributed by atoms with Crippen molar-refractivity contribution in [2.45, 2.75) is 45.2 Å². The van der Waals surface area contributed by atoms with E-state index in [-0.39, 0.29) is 0 Å². The zero-order chi connectivity index (χ0) is 12.8. The van der Waals surface area contributed by atoms with Crippen molar-refractivity contribution in [3.63, 3.8) is 0 Å². The van der Waals surface area contributed by atoms with E-state index in [0.717, 1.165) is 12.6 Å². The molecule has 18 heavy (non-hydrogen) atoms. The monoisotopic (exact) mass is 246 g/mol. The van der Waals surface area contributed by atoms with Crippen molar-refractivity contribution in [2.24, 2.45) is 0 Å². The molecule has 2 nitrogen and oxygen atoms in total. The Morgan fingerprint density at radius 2 is 2.06 bits per heavy atom. The van der Waals surface area contributed by atoms with Crippen molar-refractivity contribution in [3.05, 3.63) is 35.9 Å². The second-order valence-electron chi connectivity index (χ2n) is 5.40. The van der Waals surface area contributed by atoms with Crippen molar-refractivity contribution >= 4 is 0 Å². The maximum absolute atomic E-state index is 3.58. The number of hydrogen-bond donors (Lipinski definition) is 1. The third-order valence-electron chi connectivity index (χ3n) is 4.04. The third-order valence-corrected chi connectivity index (χ3v) is 4.04. The zero-order valence-corrected chi connectivity index (χ0v) is 11.7. The molecule has 1 saturated heterocycles. The molecular weight excluding hydrogens is 220 g/mol. The van der Waals surface area contributed by atoms with E-state index in [1.807, 2.05) is 0 Å². The van der Waals surface area contributed by atoms with Crippen LogP contribution in [0, 0.1) is 0 Å². The van der Waals surface area contributed by atoms with E-state index >= 15 is 0 Å². The normalized spacial score (nSPS) is 25.2. The summed E-state index contributed by atoms with van der Waals surface area (Å²) in [5.41, 5.74) is 1.46. The summed E-state index contributed by atoms with van der Waals surface area (Å²) in [4.78, 5) is 2.64. The molecule has 0 aliphatic carbocycles. The van der Waals surface area contributed by atoms with Gasteiger partial charge >= 0.3 is 0 Å². The lowest BCUT2D eigenvalue weighted by molar-refractivity contribution is 0.138. The van der Waals surface area contributed by atoms with E-state index in [4.69, 9.17) is 0 Å². The maximum atomic E-state index is 3.58. The van der Waals surface area contributed by atoms with E-state index in [9.17, 15) is 0 Å². The average molecular weight is 246 g/mol. The molecule has 2 unspecified atom stereocenters. The van der Waals surface area contributed by atoms with Gasteiger partial charge in [-0.1, -0.05) is 37.3 Å². The molecule has 2 rings (SSSR count). The first-order valence-electron chi connectivity index (χ1n) is 7.31. The van der Waals surface area contributed by atoms with Crippen LogP contribution >= 0.6 is 0 Å². The quantitative estimate of drug-likeness (QED) is 0.859. The molecular formula is C16H26N2. The summed E-state index contributed by atoms with van der Waals surface area (Å²) in [5.74, 6) is 0. The minimum Gasteiger partial charge on any atom is -0.314 e. The Hall–Kier alpha value is -0.860. The summed E-state index contributed by atoms with van der Waals surface area (Å²) < 4.78 is 0. The van der Waals surface area contributed by atoms with Gasteiger partial charge in [0.05, 0.1) is 0 Å². The van der Waals surface area contributed by atoms with Gasteiger partial charge in [-0.25, -0.2) is 0 Å². The van der Waals surface area contributed by atoms with Crippen LogP contribution in [0.15, 0.2) is 30.3 Å². The van der Waals surface area contributed by atoms with E-state index in [1.165, 1.54) is 37.9 Å². The van der Waals surface area contributed by atoms with Crippen LogP contribution in [0.4, 0.5) is 0 Å². The van der Waals surface area contributed by atoms with Crippen LogP contribution in [0.25, 0.3) is 0 Å². The molecule has 1 aromatic rings. The van der Waals surface area contributed by atoms with Gasteiger partial charge in [-0.15, -0.1) is 0 Å². The van der Waals surface area contributed by atoms with Gasteiger partial charge in [0.1, 0.15) is 0 Å². The van der Waals surface area contributed by atoms with E-state index in [0.29, 0.717) is 6.04 Å². The van der Waals surface area contributed by atoms with Gasteiger partial charge in [0.25, 0.3) is 0 Å². The fourth-order valence-corrected chi connectivity index (χ4v) is 2.94. The predicted molar refractivity (Wildman–Crippen MR) is 77.9 cm³/mol. The van der Waals surface area contributed by atoms with Gasteiger partial charge in [-0.05, 0) is 44.8 Å². The Kier molecular flexibility index (Phi) is 5.21. The van der Waals surface area contributed by atoms with E-state index in [2.05, 4.69) is 54.4 Å². The van der Waals surface area contributed by atoms with Gasteiger partial charge in [-0.2, -0.15) is 0 Å². The fourth-order valence-electron chi connectivity index (χ4n) is 2.94. The molecule has 1 aliphatic heterocycles. The van der Waals surface area contributed by atoms with Crippen LogP contribution < -0.4 is 5.32 Å². The van der Waals surface area contributed by atoms with Gasteiger partial charge < -0.3 is 10.2 Å². The lowest BCUT2D eigenvalue weighted by Crippen LogP contribution is -2.47. The first-order valence-corrected chi connectivity index (χ1v) is 7.31. The molecule has 0 saturated carbocycles. The zero-order valence-electron chi connectivity index (χ0n) is 11.7. The number of nitrogens with zero attached hydrogens (tertiary/aromatic N) is 1. The lowest BCUT2D eigenvalue weighted by atomic mass is 9.97. The Morgan fingerprint density at radius 1 is 1.28 bits per heavy atom. The third kappa shape index (κ3) is 3.82. The molecule has 1 fully saturated rings. The summed E-state index contributed by atoms with van der Waals surface area (Å²) in [6.45, 7) is 8.11. The number of nitrogens with one attached hydrogen (secondary N) is 1. The van der Waals surface area contributed by atoms with Crippen LogP contribution in [-0.4, -0.2) is 36.6 Å². The van der Waals surface area contributed by atoms with E-state index in [1.54, 1.807) is 0 Å². The largest absolute Gasteiger partial charge is 0.314 e. The Labute approximate surface area is 111 Å².